The first-order valence-electron chi connectivity index (χ1n) is 41.3. The Bertz CT molecular complexity index is 6040. The Morgan fingerprint density at radius 3 is 1.03 bits per heavy atom. The summed E-state index contributed by atoms with van der Waals surface area (Å²) in [6.45, 7) is 29.1. The standard InChI is InChI=1S/C41H38N.C34H33N4.C21H22N.C15H10N.3Ir/c1-40(2,3)36-18-14-28(15-19-36)33-25-34(29-16-20-37(21-17-29)41(4,5)6)27-35(26-33)31-11-9-12-32(24-31)39-38-13-8-7-10-30(38)22-23-42-39;1-33(2,3)27-17-12-24(13-18-27)30-36-31(25-14-19-28(20-15-25)34(4,5)6)38-32(37-30)26-16-21-29(35-22-26)23-10-8-7-9-11-23;1-2-3-4-5-8-17-11-13-19(14-12-17)21-20-10-7-6-9-18(20)15-16-22-21;1-2-7-13(8-3-1)15-14-9-5-4-6-12(14)10-11-16-15;;;/h7-11,13-27H,1-6H3;7-10,12-22H,1-6H3;6-7,9-13,15-16H,2-5,8H2,1H3;1-7,9-11H;;;/q4*-1;;;. The SMILES string of the molecule is CC(C)(C)c1ccc(-c2cc(-c3ccc(C(C)(C)C)cc3)cc(-c3cc[c-]c(-c4nccc5ccccc45)c3)c2)cc1.CC(C)(C)c1ccc(-c2nc(-c3ccc(C(C)(C)C)cc3)nc(-c3ccc(-c4[c-]cccc4)nc3)n2)cc1.CCCCCCc1c[c-]c(-c2nccc3ccccc23)cc1.[Ir].[Ir].[Ir].[c-]1ccccc1-c1nccc2ccccc12. The van der Waals surface area contributed by atoms with Gasteiger partial charge in [0, 0.05) is 102 Å². The Morgan fingerprint density at radius 1 is 0.273 bits per heavy atom. The topological polar surface area (TPSA) is 90.2 Å². The molecule has 0 saturated heterocycles. The molecule has 613 valence electrons. The molecule has 3 radical (unpaired) electrons. The van der Waals surface area contributed by atoms with Gasteiger partial charge in [0.05, 0.1) is 0 Å². The maximum Gasteiger partial charge on any atom is 0.165 e. The quantitative estimate of drug-likeness (QED) is 0.0746. The molecule has 0 bridgehead atoms. The van der Waals surface area contributed by atoms with Crippen molar-refractivity contribution in [2.75, 3.05) is 0 Å². The molecule has 0 N–H and O–H groups in total. The van der Waals surface area contributed by atoms with Crippen molar-refractivity contribution < 1.29 is 60.3 Å². The van der Waals surface area contributed by atoms with E-state index in [0.717, 1.165) is 79.1 Å². The van der Waals surface area contributed by atoms with Gasteiger partial charge >= 0.3 is 0 Å². The number of hydrogen-bond acceptors (Lipinski definition) is 7. The average Bonchev–Trinajstić information content (AvgIpc) is 0.801. The van der Waals surface area contributed by atoms with E-state index in [-0.39, 0.29) is 82.0 Å². The largest absolute Gasteiger partial charge is 0.304 e. The molecule has 0 atom stereocenters. The Kier molecular flexibility index (Phi) is 30.8. The van der Waals surface area contributed by atoms with Gasteiger partial charge in [0.25, 0.3) is 0 Å². The minimum Gasteiger partial charge on any atom is -0.304 e. The Balaban J connectivity index is 0.000000165. The second-order valence-corrected chi connectivity index (χ2v) is 34.5. The molecule has 7 nitrogen and oxygen atoms in total. The molecule has 0 aliphatic rings. The van der Waals surface area contributed by atoms with E-state index < -0.39 is 0 Å². The number of hydrogen-bond donors (Lipinski definition) is 0. The zero-order chi connectivity index (χ0) is 82.4. The van der Waals surface area contributed by atoms with Crippen molar-refractivity contribution >= 4 is 32.3 Å². The molecular weight excluding hydrogens is 2010 g/mol. The maximum atomic E-state index is 4.90. The minimum absolute atomic E-state index is 0. The zero-order valence-electron chi connectivity index (χ0n) is 71.3. The number of rotatable bonds is 15. The molecule has 0 aliphatic carbocycles. The summed E-state index contributed by atoms with van der Waals surface area (Å²) in [7, 11) is 0. The van der Waals surface area contributed by atoms with E-state index in [1.165, 1.54) is 108 Å². The van der Waals surface area contributed by atoms with E-state index in [0.29, 0.717) is 17.5 Å². The first kappa shape index (κ1) is 90.7. The van der Waals surface area contributed by atoms with E-state index in [9.17, 15) is 0 Å². The van der Waals surface area contributed by atoms with E-state index in [4.69, 9.17) is 19.9 Å². The van der Waals surface area contributed by atoms with Crippen molar-refractivity contribution in [3.8, 4) is 113 Å². The third-order valence-electron chi connectivity index (χ3n) is 21.6. The van der Waals surface area contributed by atoms with Crippen molar-refractivity contribution in [3.05, 3.63) is 380 Å². The second kappa shape index (κ2) is 41.0. The van der Waals surface area contributed by atoms with Crippen LogP contribution < -0.4 is 0 Å². The van der Waals surface area contributed by atoms with Crippen LogP contribution in [0.15, 0.2) is 328 Å². The molecule has 0 aliphatic heterocycles. The number of benzene rings is 12. The van der Waals surface area contributed by atoms with E-state index >= 15 is 0 Å². The summed E-state index contributed by atoms with van der Waals surface area (Å²) in [5, 5.41) is 7.13. The van der Waals surface area contributed by atoms with Crippen molar-refractivity contribution in [1.82, 2.24) is 34.9 Å². The first-order chi connectivity index (χ1) is 57.0. The third-order valence-corrected chi connectivity index (χ3v) is 21.6. The summed E-state index contributed by atoms with van der Waals surface area (Å²) in [5.74, 6) is 1.89. The summed E-state index contributed by atoms with van der Waals surface area (Å²) in [5.41, 5.74) is 24.8. The fraction of sp³-hybridized carbons (Fsp3) is 0.198. The number of pyridine rings is 4. The van der Waals surface area contributed by atoms with Crippen LogP contribution in [-0.4, -0.2) is 34.9 Å². The molecule has 0 amide bonds. The molecule has 10 heteroatoms. The number of nitrogens with zero attached hydrogens (tertiary/aromatic N) is 7. The van der Waals surface area contributed by atoms with Gasteiger partial charge in [-0.3, -0.25) is 0 Å². The van der Waals surface area contributed by atoms with Crippen LogP contribution in [0.3, 0.4) is 0 Å². The molecule has 0 unspecified atom stereocenters. The summed E-state index contributed by atoms with van der Waals surface area (Å²) < 4.78 is 0. The average molecular weight is 2110 g/mol. The predicted molar refractivity (Wildman–Crippen MR) is 495 cm³/mol. The van der Waals surface area contributed by atoms with Crippen LogP contribution >= 0.6 is 0 Å². The molecule has 5 aromatic heterocycles. The second-order valence-electron chi connectivity index (χ2n) is 34.5. The Hall–Kier alpha value is -11.0. The number of aryl methyl sites for hydroxylation is 1. The molecular formula is C111H103Ir3N7-4. The normalized spacial score (nSPS) is 11.3. The molecule has 17 rings (SSSR count). The molecule has 17 aromatic rings. The monoisotopic (exact) mass is 2110 g/mol. The predicted octanol–water partition coefficient (Wildman–Crippen LogP) is 29.1. The number of fused-ring (bicyclic) bond motifs is 3. The molecule has 5 heterocycles. The van der Waals surface area contributed by atoms with Gasteiger partial charge in [-0.25, -0.2) is 15.0 Å². The van der Waals surface area contributed by atoms with Gasteiger partial charge in [0.15, 0.2) is 17.5 Å². The van der Waals surface area contributed by atoms with Crippen molar-refractivity contribution in [2.45, 2.75) is 144 Å². The van der Waals surface area contributed by atoms with E-state index in [2.05, 4.69) is 348 Å². The fourth-order valence-electron chi connectivity index (χ4n) is 14.5. The molecule has 0 fully saturated rings. The summed E-state index contributed by atoms with van der Waals surface area (Å²) in [6.07, 6.45) is 13.8. The van der Waals surface area contributed by atoms with Gasteiger partial charge in [0.2, 0.25) is 0 Å². The van der Waals surface area contributed by atoms with Gasteiger partial charge in [-0.15, -0.1) is 143 Å². The summed E-state index contributed by atoms with van der Waals surface area (Å²) in [4.78, 5) is 33.1. The van der Waals surface area contributed by atoms with E-state index in [1.807, 2.05) is 110 Å². The van der Waals surface area contributed by atoms with Gasteiger partial charge in [-0.2, -0.15) is 0 Å². The number of aromatic nitrogens is 7. The van der Waals surface area contributed by atoms with Crippen molar-refractivity contribution in [1.29, 1.82) is 0 Å². The van der Waals surface area contributed by atoms with Crippen LogP contribution in [0, 0.1) is 24.3 Å². The third kappa shape index (κ3) is 23.2. The molecule has 0 spiro atoms. The Morgan fingerprint density at radius 2 is 0.645 bits per heavy atom. The van der Waals surface area contributed by atoms with Gasteiger partial charge in [-0.05, 0) is 163 Å². The minimum atomic E-state index is 0. The molecule has 0 saturated carbocycles. The maximum absolute atomic E-state index is 4.90. The van der Waals surface area contributed by atoms with Gasteiger partial charge < -0.3 is 19.9 Å². The van der Waals surface area contributed by atoms with Crippen molar-refractivity contribution in [3.63, 3.8) is 0 Å². The zero-order valence-corrected chi connectivity index (χ0v) is 78.5. The smallest absolute Gasteiger partial charge is 0.165 e. The number of unbranched alkanes of at least 4 members (excludes halogenated alkanes) is 3. The molecule has 121 heavy (non-hydrogen) atoms. The van der Waals surface area contributed by atoms with Crippen molar-refractivity contribution in [2.24, 2.45) is 0 Å². The van der Waals surface area contributed by atoms with Gasteiger partial charge in [-0.1, -0.05) is 304 Å². The van der Waals surface area contributed by atoms with E-state index in [1.54, 1.807) is 0 Å². The van der Waals surface area contributed by atoms with Crippen LogP contribution in [0.2, 0.25) is 0 Å². The Labute approximate surface area is 757 Å². The van der Waals surface area contributed by atoms with Crippen LogP contribution in [0.1, 0.15) is 144 Å². The van der Waals surface area contributed by atoms with Crippen LogP contribution in [-0.2, 0) is 88.4 Å². The van der Waals surface area contributed by atoms with Gasteiger partial charge in [0.1, 0.15) is 0 Å². The first-order valence-corrected chi connectivity index (χ1v) is 41.3. The fourth-order valence-corrected chi connectivity index (χ4v) is 14.5. The molecule has 12 aromatic carbocycles. The summed E-state index contributed by atoms with van der Waals surface area (Å²) in [6, 6.07) is 119. The van der Waals surface area contributed by atoms with Crippen LogP contribution in [0.5, 0.6) is 0 Å². The van der Waals surface area contributed by atoms with Crippen LogP contribution in [0.4, 0.5) is 0 Å². The summed E-state index contributed by atoms with van der Waals surface area (Å²) >= 11 is 0. The van der Waals surface area contributed by atoms with Crippen LogP contribution in [0.25, 0.3) is 145 Å².